The molecule has 1 saturated heterocycles. The van der Waals surface area contributed by atoms with Gasteiger partial charge in [0.25, 0.3) is 0 Å². The summed E-state index contributed by atoms with van der Waals surface area (Å²) in [6.07, 6.45) is 3.02. The first-order valence-electron chi connectivity index (χ1n) is 9.69. The average Bonchev–Trinajstić information content (AvgIpc) is 2.75. The van der Waals surface area contributed by atoms with Crippen LogP contribution in [0.25, 0.3) is 11.1 Å². The number of benzene rings is 2. The molecule has 2 heterocycles. The highest BCUT2D eigenvalue weighted by Crippen LogP contribution is 2.39. The highest BCUT2D eigenvalue weighted by Gasteiger charge is 2.40. The second-order valence-corrected chi connectivity index (χ2v) is 7.30. The highest BCUT2D eigenvalue weighted by atomic mass is 35.5. The molecule has 2 atom stereocenters. The van der Waals surface area contributed by atoms with E-state index in [2.05, 4.69) is 21.1 Å². The molecule has 0 spiro atoms. The number of nitrogens with one attached hydrogen (secondary N) is 1. The summed E-state index contributed by atoms with van der Waals surface area (Å²) in [5.41, 5.74) is 9.58. The van der Waals surface area contributed by atoms with E-state index in [1.165, 1.54) is 0 Å². The Labute approximate surface area is 186 Å². The number of halogens is 3. The number of hydrogen-bond donors (Lipinski definition) is 2. The Balaban J connectivity index is 0.00000272. The van der Waals surface area contributed by atoms with Crippen molar-refractivity contribution in [3.63, 3.8) is 0 Å². The minimum Gasteiger partial charge on any atom is -0.435 e. The fourth-order valence-electron chi connectivity index (χ4n) is 3.85. The molecular weight excluding hydrogens is 424 g/mol. The van der Waals surface area contributed by atoms with E-state index in [9.17, 15) is 8.78 Å². The largest absolute Gasteiger partial charge is 0.435 e. The van der Waals surface area contributed by atoms with Crippen molar-refractivity contribution >= 4 is 12.4 Å². The van der Waals surface area contributed by atoms with Gasteiger partial charge >= 0.3 is 6.61 Å². The van der Waals surface area contributed by atoms with Gasteiger partial charge in [0, 0.05) is 25.5 Å². The van der Waals surface area contributed by atoms with Gasteiger partial charge in [0.1, 0.15) is 17.6 Å². The zero-order chi connectivity index (χ0) is 21.1. The average molecular weight is 448 g/mol. The van der Waals surface area contributed by atoms with Crippen LogP contribution >= 0.6 is 12.4 Å². The minimum absolute atomic E-state index is 0. The topological polar surface area (TPSA) is 69.4 Å². The summed E-state index contributed by atoms with van der Waals surface area (Å²) in [6, 6.07) is 17.0. The lowest BCUT2D eigenvalue weighted by atomic mass is 9.83. The van der Waals surface area contributed by atoms with Crippen molar-refractivity contribution < 1.29 is 18.3 Å². The van der Waals surface area contributed by atoms with E-state index < -0.39 is 18.4 Å². The van der Waals surface area contributed by atoms with Crippen molar-refractivity contribution in [3.05, 3.63) is 83.7 Å². The van der Waals surface area contributed by atoms with Crippen LogP contribution in [0.1, 0.15) is 16.7 Å². The first kappa shape index (κ1) is 23.1. The molecule has 0 bridgehead atoms. The van der Waals surface area contributed by atoms with E-state index in [-0.39, 0.29) is 18.2 Å². The van der Waals surface area contributed by atoms with Crippen molar-refractivity contribution in [2.24, 2.45) is 5.73 Å². The summed E-state index contributed by atoms with van der Waals surface area (Å²) in [7, 11) is 0. The molecule has 8 heteroatoms. The zero-order valence-electron chi connectivity index (χ0n) is 16.9. The van der Waals surface area contributed by atoms with Crippen LogP contribution in [0.3, 0.4) is 0 Å². The monoisotopic (exact) mass is 447 g/mol. The van der Waals surface area contributed by atoms with Gasteiger partial charge in [-0.15, -0.1) is 12.4 Å². The molecule has 1 aliphatic rings. The fourth-order valence-corrected chi connectivity index (χ4v) is 3.85. The van der Waals surface area contributed by atoms with Crippen LogP contribution in [0.5, 0.6) is 5.75 Å². The first-order valence-corrected chi connectivity index (χ1v) is 9.69. The van der Waals surface area contributed by atoms with Crippen LogP contribution in [0.15, 0.2) is 67.0 Å². The number of morpholine rings is 1. The van der Waals surface area contributed by atoms with Gasteiger partial charge in [-0.3, -0.25) is 4.98 Å². The molecular formula is C23H24ClF2N3O2. The predicted octanol–water partition coefficient (Wildman–Crippen LogP) is 4.23. The number of nitrogens with two attached hydrogens (primary N) is 1. The van der Waals surface area contributed by atoms with Crippen LogP contribution in [-0.4, -0.2) is 30.9 Å². The Kier molecular flexibility index (Phi) is 7.23. The Morgan fingerprint density at radius 3 is 2.58 bits per heavy atom. The SMILES string of the molecule is Cc1cc(C2(c3cccc(-c4cccnc4)c3)CNCC(N)O2)ccc1OC(F)F.Cl. The van der Waals surface area contributed by atoms with E-state index in [0.29, 0.717) is 18.7 Å². The lowest BCUT2D eigenvalue weighted by molar-refractivity contribution is -0.0931. The maximum atomic E-state index is 12.7. The molecule has 2 aromatic carbocycles. The molecule has 164 valence electrons. The number of pyridine rings is 1. The number of alkyl halides is 2. The second-order valence-electron chi connectivity index (χ2n) is 7.30. The van der Waals surface area contributed by atoms with E-state index in [1.807, 2.05) is 36.4 Å². The number of hydrogen-bond acceptors (Lipinski definition) is 5. The Morgan fingerprint density at radius 2 is 1.90 bits per heavy atom. The summed E-state index contributed by atoms with van der Waals surface area (Å²) in [4.78, 5) is 4.20. The highest BCUT2D eigenvalue weighted by molar-refractivity contribution is 5.85. The van der Waals surface area contributed by atoms with E-state index >= 15 is 0 Å². The predicted molar refractivity (Wildman–Crippen MR) is 117 cm³/mol. The summed E-state index contributed by atoms with van der Waals surface area (Å²) in [5.74, 6) is 0.140. The van der Waals surface area contributed by atoms with Gasteiger partial charge < -0.3 is 20.5 Å². The number of aromatic nitrogens is 1. The quantitative estimate of drug-likeness (QED) is 0.612. The van der Waals surface area contributed by atoms with Gasteiger partial charge in [-0.1, -0.05) is 30.3 Å². The first-order chi connectivity index (χ1) is 14.5. The van der Waals surface area contributed by atoms with E-state index in [0.717, 1.165) is 22.3 Å². The molecule has 3 aromatic rings. The summed E-state index contributed by atoms with van der Waals surface area (Å²) < 4.78 is 36.3. The number of aryl methyl sites for hydroxylation is 1. The van der Waals surface area contributed by atoms with Gasteiger partial charge in [-0.25, -0.2) is 0 Å². The fraction of sp³-hybridized carbons (Fsp3) is 0.261. The van der Waals surface area contributed by atoms with Gasteiger partial charge in [0.2, 0.25) is 0 Å². The van der Waals surface area contributed by atoms with Crippen LogP contribution in [-0.2, 0) is 10.3 Å². The molecule has 0 radical (unpaired) electrons. The summed E-state index contributed by atoms with van der Waals surface area (Å²) in [6.45, 7) is -0.126. The molecule has 2 unspecified atom stereocenters. The molecule has 5 nitrogen and oxygen atoms in total. The van der Waals surface area contributed by atoms with Crippen molar-refractivity contribution in [1.82, 2.24) is 10.3 Å². The number of ether oxygens (including phenoxy) is 2. The van der Waals surface area contributed by atoms with Crippen LogP contribution in [0.2, 0.25) is 0 Å². The molecule has 1 fully saturated rings. The summed E-state index contributed by atoms with van der Waals surface area (Å²) in [5, 5.41) is 3.33. The molecule has 4 rings (SSSR count). The minimum atomic E-state index is -2.87. The molecule has 1 aliphatic heterocycles. The molecule has 0 amide bonds. The van der Waals surface area contributed by atoms with Crippen LogP contribution in [0.4, 0.5) is 8.78 Å². The number of nitrogens with zero attached hydrogens (tertiary/aromatic N) is 1. The van der Waals surface area contributed by atoms with Gasteiger partial charge in [0.15, 0.2) is 0 Å². The lowest BCUT2D eigenvalue weighted by Crippen LogP contribution is -2.55. The van der Waals surface area contributed by atoms with Crippen molar-refractivity contribution in [2.75, 3.05) is 13.1 Å². The smallest absolute Gasteiger partial charge is 0.387 e. The Morgan fingerprint density at radius 1 is 1.13 bits per heavy atom. The molecule has 3 N–H and O–H groups in total. The standard InChI is InChI=1S/C23H23F2N3O2.ClH/c1-15-10-19(7-8-20(15)29-22(24)25)23(14-28-13-21(26)30-23)18-6-2-4-16(11-18)17-5-3-9-27-12-17;/h2-12,21-22,28H,13-14,26H2,1H3;1H. The Hall–Kier alpha value is -2.58. The van der Waals surface area contributed by atoms with Gasteiger partial charge in [-0.2, -0.15) is 8.78 Å². The van der Waals surface area contributed by atoms with Crippen LogP contribution in [0, 0.1) is 6.92 Å². The van der Waals surface area contributed by atoms with E-state index in [4.69, 9.17) is 10.5 Å². The third kappa shape index (κ3) is 4.85. The van der Waals surface area contributed by atoms with Crippen molar-refractivity contribution in [3.8, 4) is 16.9 Å². The van der Waals surface area contributed by atoms with Crippen LogP contribution < -0.4 is 15.8 Å². The van der Waals surface area contributed by atoms with E-state index in [1.54, 1.807) is 31.5 Å². The molecule has 0 saturated carbocycles. The summed E-state index contributed by atoms with van der Waals surface area (Å²) >= 11 is 0. The maximum absolute atomic E-state index is 12.7. The normalized spacial score (nSPS) is 20.9. The molecule has 0 aliphatic carbocycles. The molecule has 31 heavy (non-hydrogen) atoms. The van der Waals surface area contributed by atoms with Gasteiger partial charge in [-0.05, 0) is 59.0 Å². The second kappa shape index (κ2) is 9.70. The van der Waals surface area contributed by atoms with Crippen molar-refractivity contribution in [1.29, 1.82) is 0 Å². The third-order valence-electron chi connectivity index (χ3n) is 5.25. The third-order valence-corrected chi connectivity index (χ3v) is 5.25. The Bertz CT molecular complexity index is 1020. The van der Waals surface area contributed by atoms with Crippen molar-refractivity contribution in [2.45, 2.75) is 25.4 Å². The number of rotatable bonds is 5. The maximum Gasteiger partial charge on any atom is 0.387 e. The molecule has 1 aromatic heterocycles. The van der Waals surface area contributed by atoms with Gasteiger partial charge in [0.05, 0.1) is 0 Å². The zero-order valence-corrected chi connectivity index (χ0v) is 17.7. The lowest BCUT2D eigenvalue weighted by Gasteiger charge is -2.41.